The van der Waals surface area contributed by atoms with E-state index >= 15 is 0 Å². The minimum Gasteiger partial charge on any atom is -0.322 e. The average molecular weight is 402 g/mol. The Morgan fingerprint density at radius 2 is 1.36 bits per heavy atom. The van der Waals surface area contributed by atoms with Crippen LogP contribution in [-0.4, -0.2) is 5.91 Å². The first-order chi connectivity index (χ1) is 11.4. The van der Waals surface area contributed by atoms with E-state index in [9.17, 15) is 31.1 Å². The second-order valence-corrected chi connectivity index (χ2v) is 5.72. The van der Waals surface area contributed by atoms with Gasteiger partial charge in [-0.05, 0) is 36.4 Å². The molecule has 0 aliphatic rings. The van der Waals surface area contributed by atoms with E-state index in [0.29, 0.717) is 12.1 Å². The number of carbonyl (C=O) groups excluding carboxylic acids is 1. The zero-order chi connectivity index (χ0) is 19.0. The number of hydrogen-bond acceptors (Lipinski definition) is 1. The van der Waals surface area contributed by atoms with Crippen molar-refractivity contribution in [2.75, 3.05) is 5.32 Å². The maximum Gasteiger partial charge on any atom is 0.416 e. The smallest absolute Gasteiger partial charge is 0.322 e. The second kappa shape index (κ2) is 6.76. The Labute approximate surface area is 147 Å². The number of alkyl halides is 6. The monoisotopic (exact) mass is 401 g/mol. The molecule has 134 valence electrons. The summed E-state index contributed by atoms with van der Waals surface area (Å²) in [5, 5.41) is 2.02. The maximum atomic E-state index is 12.8. The van der Waals surface area contributed by atoms with Crippen molar-refractivity contribution >= 4 is 34.8 Å². The number of amides is 1. The summed E-state index contributed by atoms with van der Waals surface area (Å²) in [6.45, 7) is 0. The number of rotatable bonds is 2. The molecule has 2 aromatic rings. The molecule has 0 spiro atoms. The zero-order valence-corrected chi connectivity index (χ0v) is 13.4. The topological polar surface area (TPSA) is 29.1 Å². The Bertz CT molecular complexity index is 784. The SMILES string of the molecule is O=C(Nc1cc(C(F)(F)F)cc(C(F)(F)F)c1)c1cc(Cl)ccc1Cl. The van der Waals surface area contributed by atoms with Crippen molar-refractivity contribution in [1.29, 1.82) is 0 Å². The summed E-state index contributed by atoms with van der Waals surface area (Å²) in [4.78, 5) is 12.1. The zero-order valence-electron chi connectivity index (χ0n) is 11.9. The number of nitrogens with one attached hydrogen (secondary N) is 1. The Morgan fingerprint density at radius 3 is 1.84 bits per heavy atom. The minimum absolute atomic E-state index is 0.0397. The molecule has 0 unspecified atom stereocenters. The van der Waals surface area contributed by atoms with Gasteiger partial charge in [0.15, 0.2) is 0 Å². The summed E-state index contributed by atoms with van der Waals surface area (Å²) in [5.41, 5.74) is -3.96. The first-order valence-corrected chi connectivity index (χ1v) is 7.19. The van der Waals surface area contributed by atoms with Crippen molar-refractivity contribution in [3.8, 4) is 0 Å². The lowest BCUT2D eigenvalue weighted by atomic mass is 10.1. The van der Waals surface area contributed by atoms with Crippen molar-refractivity contribution in [1.82, 2.24) is 0 Å². The number of hydrogen-bond donors (Lipinski definition) is 1. The summed E-state index contributed by atoms with van der Waals surface area (Å²) in [6.07, 6.45) is -10.0. The van der Waals surface area contributed by atoms with Gasteiger partial charge >= 0.3 is 12.4 Å². The van der Waals surface area contributed by atoms with Gasteiger partial charge in [0.1, 0.15) is 0 Å². The highest BCUT2D eigenvalue weighted by molar-refractivity contribution is 6.36. The summed E-state index contributed by atoms with van der Waals surface area (Å²) >= 11 is 11.5. The predicted octanol–water partition coefficient (Wildman–Crippen LogP) is 6.28. The Kier molecular flexibility index (Phi) is 5.24. The number of anilines is 1. The molecule has 0 radical (unpaired) electrons. The lowest BCUT2D eigenvalue weighted by molar-refractivity contribution is -0.143. The van der Waals surface area contributed by atoms with Crippen LogP contribution in [-0.2, 0) is 12.4 Å². The first-order valence-electron chi connectivity index (χ1n) is 6.44. The largest absolute Gasteiger partial charge is 0.416 e. The third-order valence-corrected chi connectivity index (χ3v) is 3.58. The predicted molar refractivity (Wildman–Crippen MR) is 80.9 cm³/mol. The number of halogens is 8. The van der Waals surface area contributed by atoms with Gasteiger partial charge in [-0.15, -0.1) is 0 Å². The molecular formula is C15H7Cl2F6NO. The number of carbonyl (C=O) groups is 1. The van der Waals surface area contributed by atoms with Crippen LogP contribution in [0, 0.1) is 0 Å². The van der Waals surface area contributed by atoms with E-state index in [1.807, 2.05) is 5.32 Å². The summed E-state index contributed by atoms with van der Waals surface area (Å²) in [7, 11) is 0. The molecule has 0 heterocycles. The molecule has 10 heteroatoms. The molecule has 0 aliphatic heterocycles. The molecule has 0 bridgehead atoms. The van der Waals surface area contributed by atoms with Crippen molar-refractivity contribution in [3.05, 3.63) is 63.1 Å². The Hall–Kier alpha value is -1.93. The third-order valence-electron chi connectivity index (χ3n) is 3.02. The summed E-state index contributed by atoms with van der Waals surface area (Å²) < 4.78 is 76.8. The van der Waals surface area contributed by atoms with Crippen LogP contribution in [0.25, 0.3) is 0 Å². The normalized spacial score (nSPS) is 12.2. The number of benzene rings is 2. The van der Waals surface area contributed by atoms with Gasteiger partial charge in [0.05, 0.1) is 21.7 Å². The molecule has 0 saturated heterocycles. The van der Waals surface area contributed by atoms with E-state index < -0.39 is 35.1 Å². The van der Waals surface area contributed by atoms with Crippen LogP contribution in [0.3, 0.4) is 0 Å². The van der Waals surface area contributed by atoms with Gasteiger partial charge in [0, 0.05) is 10.7 Å². The fraction of sp³-hybridized carbons (Fsp3) is 0.133. The summed E-state index contributed by atoms with van der Waals surface area (Å²) in [6, 6.07) is 4.52. The van der Waals surface area contributed by atoms with E-state index in [0.717, 1.165) is 6.07 Å². The van der Waals surface area contributed by atoms with Crippen molar-refractivity contribution in [2.24, 2.45) is 0 Å². The van der Waals surface area contributed by atoms with Gasteiger partial charge in [-0.1, -0.05) is 23.2 Å². The van der Waals surface area contributed by atoms with E-state index in [1.165, 1.54) is 12.1 Å². The Balaban J connectivity index is 2.45. The standard InChI is InChI=1S/C15H7Cl2F6NO/c16-9-1-2-12(17)11(6-9)13(25)24-10-4-7(14(18,19)20)3-8(5-10)15(21,22)23/h1-6H,(H,24,25). The van der Waals surface area contributed by atoms with Gasteiger partial charge in [-0.25, -0.2) is 0 Å². The molecular weight excluding hydrogens is 395 g/mol. The molecule has 2 nitrogen and oxygen atoms in total. The average Bonchev–Trinajstić information content (AvgIpc) is 2.47. The van der Waals surface area contributed by atoms with Crippen LogP contribution >= 0.6 is 23.2 Å². The summed E-state index contributed by atoms with van der Waals surface area (Å²) in [5.74, 6) is -1.00. The molecule has 0 aliphatic carbocycles. The van der Waals surface area contributed by atoms with E-state index in [-0.39, 0.29) is 21.7 Å². The molecule has 0 aromatic heterocycles. The fourth-order valence-electron chi connectivity index (χ4n) is 1.90. The molecule has 1 amide bonds. The van der Waals surface area contributed by atoms with Crippen LogP contribution in [0.1, 0.15) is 21.5 Å². The van der Waals surface area contributed by atoms with E-state index in [1.54, 1.807) is 0 Å². The van der Waals surface area contributed by atoms with Gasteiger partial charge in [0.25, 0.3) is 5.91 Å². The Morgan fingerprint density at radius 1 is 0.840 bits per heavy atom. The molecule has 0 atom stereocenters. The molecule has 0 saturated carbocycles. The second-order valence-electron chi connectivity index (χ2n) is 4.87. The van der Waals surface area contributed by atoms with E-state index in [2.05, 4.69) is 0 Å². The molecule has 2 aromatic carbocycles. The molecule has 25 heavy (non-hydrogen) atoms. The lowest BCUT2D eigenvalue weighted by Crippen LogP contribution is -2.16. The van der Waals surface area contributed by atoms with E-state index in [4.69, 9.17) is 23.2 Å². The van der Waals surface area contributed by atoms with Crippen LogP contribution < -0.4 is 5.32 Å². The van der Waals surface area contributed by atoms with Gasteiger partial charge in [0.2, 0.25) is 0 Å². The van der Waals surface area contributed by atoms with Crippen molar-refractivity contribution in [2.45, 2.75) is 12.4 Å². The molecule has 1 N–H and O–H groups in total. The van der Waals surface area contributed by atoms with Gasteiger partial charge in [-0.3, -0.25) is 4.79 Å². The third kappa shape index (κ3) is 4.79. The highest BCUT2D eigenvalue weighted by Gasteiger charge is 2.37. The lowest BCUT2D eigenvalue weighted by Gasteiger charge is -2.15. The van der Waals surface area contributed by atoms with Crippen molar-refractivity contribution in [3.63, 3.8) is 0 Å². The highest BCUT2D eigenvalue weighted by Crippen LogP contribution is 2.37. The van der Waals surface area contributed by atoms with Gasteiger partial charge in [-0.2, -0.15) is 26.3 Å². The van der Waals surface area contributed by atoms with Crippen LogP contribution in [0.5, 0.6) is 0 Å². The van der Waals surface area contributed by atoms with Crippen molar-refractivity contribution < 1.29 is 31.1 Å². The fourth-order valence-corrected chi connectivity index (χ4v) is 2.27. The van der Waals surface area contributed by atoms with Crippen LogP contribution in [0.4, 0.5) is 32.0 Å². The first kappa shape index (κ1) is 19.4. The molecule has 0 fully saturated rings. The molecule has 2 rings (SSSR count). The maximum absolute atomic E-state index is 12.8. The van der Waals surface area contributed by atoms with Crippen LogP contribution in [0.15, 0.2) is 36.4 Å². The minimum atomic E-state index is -5.02. The quantitative estimate of drug-likeness (QED) is 0.589. The van der Waals surface area contributed by atoms with Gasteiger partial charge < -0.3 is 5.32 Å². The highest BCUT2D eigenvalue weighted by atomic mass is 35.5. The van der Waals surface area contributed by atoms with Crippen LogP contribution in [0.2, 0.25) is 10.0 Å².